The molecule has 29 heavy (non-hydrogen) atoms. The van der Waals surface area contributed by atoms with E-state index in [2.05, 4.69) is 0 Å². The van der Waals surface area contributed by atoms with E-state index >= 15 is 0 Å². The lowest BCUT2D eigenvalue weighted by molar-refractivity contribution is -0.125. The average Bonchev–Trinajstić information content (AvgIpc) is 3.11. The number of carbonyl (C=O) groups is 1. The lowest BCUT2D eigenvalue weighted by atomic mass is 10.1. The Morgan fingerprint density at radius 1 is 1.10 bits per heavy atom. The zero-order valence-corrected chi connectivity index (χ0v) is 17.2. The van der Waals surface area contributed by atoms with Crippen molar-refractivity contribution in [2.24, 2.45) is 0 Å². The number of amides is 1. The molecule has 1 fully saturated rings. The number of nitrogens with zero attached hydrogens (tertiary/aromatic N) is 1. The van der Waals surface area contributed by atoms with Crippen LogP contribution in [0.15, 0.2) is 48.5 Å². The van der Waals surface area contributed by atoms with Crippen molar-refractivity contribution in [2.75, 3.05) is 25.6 Å². The number of benzene rings is 2. The molecule has 0 aliphatic carbocycles. The van der Waals surface area contributed by atoms with Crippen molar-refractivity contribution < 1.29 is 22.7 Å². The minimum absolute atomic E-state index is 0.0908. The maximum Gasteiger partial charge on any atom is 0.246 e. The third-order valence-electron chi connectivity index (χ3n) is 5.12. The molecule has 2 aliphatic heterocycles. The van der Waals surface area contributed by atoms with Crippen molar-refractivity contribution in [2.45, 2.75) is 11.7 Å². The molecule has 0 bridgehead atoms. The van der Waals surface area contributed by atoms with E-state index in [4.69, 9.17) is 21.1 Å². The number of hydrogen-bond acceptors (Lipinski definition) is 5. The first kappa shape index (κ1) is 19.8. The van der Waals surface area contributed by atoms with Gasteiger partial charge in [0.1, 0.15) is 0 Å². The summed E-state index contributed by atoms with van der Waals surface area (Å²) in [5.74, 6) is 1.00. The van der Waals surface area contributed by atoms with Crippen molar-refractivity contribution in [1.82, 2.24) is 4.90 Å². The fourth-order valence-corrected chi connectivity index (χ4v) is 5.69. The van der Waals surface area contributed by atoms with Gasteiger partial charge in [-0.05, 0) is 41.8 Å². The van der Waals surface area contributed by atoms with Gasteiger partial charge in [-0.15, -0.1) is 0 Å². The SMILES string of the molecule is O=C(/C=C/c1ccc2c(c1)OCO2)N1CCC(c2ccccc2Cl)S(=O)(=O)CC1. The maximum atomic E-state index is 12.8. The van der Waals surface area contributed by atoms with Crippen LogP contribution >= 0.6 is 11.6 Å². The molecule has 1 amide bonds. The highest BCUT2D eigenvalue weighted by Gasteiger charge is 2.33. The Labute approximate surface area is 174 Å². The van der Waals surface area contributed by atoms with E-state index in [1.54, 1.807) is 47.4 Å². The van der Waals surface area contributed by atoms with Crippen molar-refractivity contribution in [3.05, 3.63) is 64.7 Å². The summed E-state index contributed by atoms with van der Waals surface area (Å²) in [5, 5.41) is -0.268. The number of fused-ring (bicyclic) bond motifs is 1. The molecule has 6 nitrogen and oxygen atoms in total. The number of ether oxygens (including phenoxy) is 2. The Hall–Kier alpha value is -2.51. The van der Waals surface area contributed by atoms with Gasteiger partial charge in [0.25, 0.3) is 0 Å². The minimum Gasteiger partial charge on any atom is -0.454 e. The first-order valence-electron chi connectivity index (χ1n) is 9.27. The summed E-state index contributed by atoms with van der Waals surface area (Å²) in [5.41, 5.74) is 1.40. The van der Waals surface area contributed by atoms with Crippen LogP contribution in [0.2, 0.25) is 5.02 Å². The largest absolute Gasteiger partial charge is 0.454 e. The zero-order valence-electron chi connectivity index (χ0n) is 15.6. The summed E-state index contributed by atoms with van der Waals surface area (Å²) in [4.78, 5) is 14.2. The second kappa shape index (κ2) is 8.08. The molecule has 2 heterocycles. The second-order valence-corrected chi connectivity index (χ2v) is 9.65. The standard InChI is InChI=1S/C21H20ClNO5S/c22-17-4-2-1-3-16(17)20-9-10-23(11-12-29(20,25)26)21(24)8-6-15-5-7-18-19(13-15)28-14-27-18/h1-8,13,20H,9-12,14H2/b8-6+. The highest BCUT2D eigenvalue weighted by Crippen LogP contribution is 2.34. The van der Waals surface area contributed by atoms with E-state index < -0.39 is 15.1 Å². The lowest BCUT2D eigenvalue weighted by Gasteiger charge is -2.18. The third kappa shape index (κ3) is 4.26. The van der Waals surface area contributed by atoms with Crippen molar-refractivity contribution in [1.29, 1.82) is 0 Å². The van der Waals surface area contributed by atoms with Gasteiger partial charge >= 0.3 is 0 Å². The van der Waals surface area contributed by atoms with E-state index in [9.17, 15) is 13.2 Å². The normalized spacial score (nSPS) is 20.6. The minimum atomic E-state index is -3.41. The molecule has 8 heteroatoms. The molecule has 0 N–H and O–H groups in total. The van der Waals surface area contributed by atoms with Crippen molar-refractivity contribution in [3.8, 4) is 11.5 Å². The third-order valence-corrected chi connectivity index (χ3v) is 7.57. The summed E-state index contributed by atoms with van der Waals surface area (Å²) in [6.07, 6.45) is 3.46. The van der Waals surface area contributed by atoms with Gasteiger partial charge in [-0.2, -0.15) is 0 Å². The highest BCUT2D eigenvalue weighted by atomic mass is 35.5. The Bertz CT molecular complexity index is 1070. The molecule has 0 aromatic heterocycles. The smallest absolute Gasteiger partial charge is 0.246 e. The number of rotatable bonds is 3. The average molecular weight is 434 g/mol. The molecular formula is C21H20ClNO5S. The molecule has 2 aliphatic rings. The first-order chi connectivity index (χ1) is 13.9. The summed E-state index contributed by atoms with van der Waals surface area (Å²) in [6.45, 7) is 0.698. The molecule has 4 rings (SSSR count). The Balaban J connectivity index is 1.47. The molecule has 152 valence electrons. The van der Waals surface area contributed by atoms with E-state index in [0.717, 1.165) is 5.56 Å². The Morgan fingerprint density at radius 3 is 2.72 bits per heavy atom. The molecule has 1 unspecified atom stereocenters. The van der Waals surface area contributed by atoms with Gasteiger partial charge in [0.15, 0.2) is 21.3 Å². The predicted octanol–water partition coefficient (Wildman–Crippen LogP) is 3.47. The van der Waals surface area contributed by atoms with Gasteiger partial charge in [0.05, 0.1) is 11.0 Å². The molecule has 1 saturated heterocycles. The molecule has 0 radical (unpaired) electrons. The number of carbonyl (C=O) groups excluding carboxylic acids is 1. The van der Waals surface area contributed by atoms with Crippen molar-refractivity contribution in [3.63, 3.8) is 0 Å². The Morgan fingerprint density at radius 2 is 1.90 bits per heavy atom. The van der Waals surface area contributed by atoms with Crippen LogP contribution in [0.1, 0.15) is 22.8 Å². The molecule has 2 aromatic carbocycles. The highest BCUT2D eigenvalue weighted by molar-refractivity contribution is 7.91. The summed E-state index contributed by atoms with van der Waals surface area (Å²) < 4.78 is 36.2. The number of sulfone groups is 1. The van der Waals surface area contributed by atoms with Crippen LogP contribution in [0.5, 0.6) is 11.5 Å². The van der Waals surface area contributed by atoms with E-state index in [0.29, 0.717) is 35.1 Å². The molecule has 2 aromatic rings. The Kier molecular flexibility index (Phi) is 5.52. The number of halogens is 1. The zero-order chi connectivity index (χ0) is 20.4. The summed E-state index contributed by atoms with van der Waals surface area (Å²) in [7, 11) is -3.41. The van der Waals surface area contributed by atoms with Crippen LogP contribution in [-0.4, -0.2) is 44.9 Å². The first-order valence-corrected chi connectivity index (χ1v) is 11.4. The maximum absolute atomic E-state index is 12.8. The monoisotopic (exact) mass is 433 g/mol. The summed E-state index contributed by atoms with van der Waals surface area (Å²) in [6, 6.07) is 12.4. The van der Waals surface area contributed by atoms with Crippen LogP contribution in [0, 0.1) is 0 Å². The summed E-state index contributed by atoms with van der Waals surface area (Å²) >= 11 is 6.22. The van der Waals surface area contributed by atoms with Crippen LogP contribution in [0.3, 0.4) is 0 Å². The van der Waals surface area contributed by atoms with Crippen LogP contribution < -0.4 is 9.47 Å². The molecule has 0 saturated carbocycles. The van der Waals surface area contributed by atoms with Gasteiger partial charge < -0.3 is 14.4 Å². The quantitative estimate of drug-likeness (QED) is 0.693. The van der Waals surface area contributed by atoms with Gasteiger partial charge in [-0.25, -0.2) is 8.42 Å². The second-order valence-electron chi connectivity index (χ2n) is 6.94. The van der Waals surface area contributed by atoms with E-state index in [1.165, 1.54) is 6.08 Å². The van der Waals surface area contributed by atoms with Crippen LogP contribution in [0.4, 0.5) is 0 Å². The molecule has 0 spiro atoms. The molecule has 1 atom stereocenters. The van der Waals surface area contributed by atoms with Gasteiger partial charge in [0, 0.05) is 24.2 Å². The van der Waals surface area contributed by atoms with Crippen molar-refractivity contribution >= 4 is 33.4 Å². The van der Waals surface area contributed by atoms with Gasteiger partial charge in [0.2, 0.25) is 12.7 Å². The van der Waals surface area contributed by atoms with Gasteiger partial charge in [-0.1, -0.05) is 35.9 Å². The topological polar surface area (TPSA) is 72.9 Å². The van der Waals surface area contributed by atoms with E-state index in [1.807, 2.05) is 6.07 Å². The van der Waals surface area contributed by atoms with Crippen LogP contribution in [-0.2, 0) is 14.6 Å². The van der Waals surface area contributed by atoms with E-state index in [-0.39, 0.29) is 25.0 Å². The van der Waals surface area contributed by atoms with Gasteiger partial charge in [-0.3, -0.25) is 4.79 Å². The van der Waals surface area contributed by atoms with Crippen LogP contribution in [0.25, 0.3) is 6.08 Å². The number of hydrogen-bond donors (Lipinski definition) is 0. The lowest BCUT2D eigenvalue weighted by Crippen LogP contribution is -2.32. The molecular weight excluding hydrogens is 414 g/mol. The fourth-order valence-electron chi connectivity index (χ4n) is 3.54. The predicted molar refractivity (Wildman–Crippen MR) is 111 cm³/mol. The fraction of sp³-hybridized carbons (Fsp3) is 0.286.